The number of amides is 1. The maximum absolute atomic E-state index is 13.5. The fourth-order valence-corrected chi connectivity index (χ4v) is 6.88. The van der Waals surface area contributed by atoms with Crippen molar-refractivity contribution < 1.29 is 13.2 Å². The molecule has 0 unspecified atom stereocenters. The monoisotopic (exact) mass is 493 g/mol. The van der Waals surface area contributed by atoms with Gasteiger partial charge in [0.1, 0.15) is 11.3 Å². The highest BCUT2D eigenvalue weighted by Crippen LogP contribution is 2.54. The lowest BCUT2D eigenvalue weighted by molar-refractivity contribution is 0.102. The normalized spacial score (nSPS) is 19.3. The first-order valence-electron chi connectivity index (χ1n) is 12.6. The summed E-state index contributed by atoms with van der Waals surface area (Å²) in [6.45, 7) is 4.58. The van der Waals surface area contributed by atoms with E-state index < -0.39 is 9.84 Å². The summed E-state index contributed by atoms with van der Waals surface area (Å²) >= 11 is 0. The van der Waals surface area contributed by atoms with Crippen LogP contribution < -0.4 is 10.2 Å². The van der Waals surface area contributed by atoms with Gasteiger partial charge in [-0.15, -0.1) is 0 Å². The fraction of sp³-hybridized carbons (Fsp3) is 0.500. The number of aryl methyl sites for hydroxylation is 1. The minimum Gasteiger partial charge on any atom is -0.371 e. The molecule has 0 radical (unpaired) electrons. The van der Waals surface area contributed by atoms with Gasteiger partial charge in [-0.1, -0.05) is 6.92 Å². The smallest absolute Gasteiger partial charge is 0.258 e. The molecule has 1 aromatic carbocycles. The molecule has 1 aliphatic heterocycles. The number of aromatic nitrogens is 3. The van der Waals surface area contributed by atoms with E-state index in [0.29, 0.717) is 27.4 Å². The number of benzene rings is 1. The Morgan fingerprint density at radius 3 is 2.57 bits per heavy atom. The predicted molar refractivity (Wildman–Crippen MR) is 136 cm³/mol. The number of hydrogen-bond acceptors (Lipinski definition) is 6. The third-order valence-corrected chi connectivity index (χ3v) is 10.1. The van der Waals surface area contributed by atoms with Gasteiger partial charge in [0.05, 0.1) is 27.7 Å². The Morgan fingerprint density at radius 2 is 1.89 bits per heavy atom. The Morgan fingerprint density at radius 1 is 1.11 bits per heavy atom. The largest absolute Gasteiger partial charge is 0.371 e. The van der Waals surface area contributed by atoms with E-state index in [0.717, 1.165) is 62.9 Å². The number of carbonyl (C=O) groups is 1. The molecular weight excluding hydrogens is 462 g/mol. The molecule has 3 fully saturated rings. The van der Waals surface area contributed by atoms with E-state index in [-0.39, 0.29) is 11.2 Å². The third-order valence-electron chi connectivity index (χ3n) is 7.80. The van der Waals surface area contributed by atoms with Gasteiger partial charge in [0.15, 0.2) is 15.5 Å². The Bertz CT molecular complexity index is 1400. The van der Waals surface area contributed by atoms with Crippen LogP contribution in [0, 0.1) is 5.41 Å². The molecular formula is C26H31N5O3S. The van der Waals surface area contributed by atoms with Crippen LogP contribution in [0.25, 0.3) is 11.2 Å². The second kappa shape index (κ2) is 8.33. The van der Waals surface area contributed by atoms with Crippen molar-refractivity contribution >= 4 is 38.4 Å². The summed E-state index contributed by atoms with van der Waals surface area (Å²) in [4.78, 5) is 25.0. The number of nitrogens with zero attached hydrogens (tertiary/aromatic N) is 4. The zero-order valence-electron chi connectivity index (χ0n) is 20.0. The van der Waals surface area contributed by atoms with Crippen molar-refractivity contribution in [1.29, 1.82) is 0 Å². The van der Waals surface area contributed by atoms with E-state index in [4.69, 9.17) is 0 Å². The number of carbonyl (C=O) groups excluding carboxylic acids is 1. The van der Waals surface area contributed by atoms with Crippen molar-refractivity contribution in [2.75, 3.05) is 23.3 Å². The number of fused-ring (bicyclic) bond motifs is 1. The standard InChI is InChI=1S/C26H31N5O3S/c1-2-13-31-17-27-21-7-8-23(28-24(21)31)29-25(32)20-6-5-19(35(33,34)18-3-4-18)16-22(20)30-14-11-26(9-10-26)12-15-30/h5-8,16-18H,2-4,9-15H2,1H3,(H,28,29,32). The van der Waals surface area contributed by atoms with Gasteiger partial charge in [-0.2, -0.15) is 0 Å². The molecule has 3 aliphatic rings. The summed E-state index contributed by atoms with van der Waals surface area (Å²) in [5.41, 5.74) is 3.19. The number of rotatable bonds is 7. The summed E-state index contributed by atoms with van der Waals surface area (Å²) in [6, 6.07) is 8.59. The van der Waals surface area contributed by atoms with E-state index in [1.165, 1.54) is 12.8 Å². The zero-order valence-corrected chi connectivity index (χ0v) is 20.9. The van der Waals surface area contributed by atoms with Gasteiger partial charge in [-0.05, 0) is 80.7 Å². The van der Waals surface area contributed by atoms with Gasteiger partial charge >= 0.3 is 0 Å². The van der Waals surface area contributed by atoms with Crippen LogP contribution in [0.15, 0.2) is 41.6 Å². The maximum atomic E-state index is 13.5. The van der Waals surface area contributed by atoms with Gasteiger partial charge in [0.25, 0.3) is 5.91 Å². The number of nitrogens with one attached hydrogen (secondary N) is 1. The van der Waals surface area contributed by atoms with Crippen LogP contribution in [0.3, 0.4) is 0 Å². The Kier molecular flexibility index (Phi) is 5.36. The highest BCUT2D eigenvalue weighted by atomic mass is 32.2. The molecule has 3 aromatic rings. The number of pyridine rings is 1. The van der Waals surface area contributed by atoms with Crippen LogP contribution in [0.5, 0.6) is 0 Å². The van der Waals surface area contributed by atoms with Crippen molar-refractivity contribution in [3.05, 3.63) is 42.2 Å². The molecule has 1 N–H and O–H groups in total. The quantitative estimate of drug-likeness (QED) is 0.524. The van der Waals surface area contributed by atoms with Gasteiger partial charge in [-0.25, -0.2) is 18.4 Å². The third kappa shape index (κ3) is 4.20. The zero-order chi connectivity index (χ0) is 24.2. The summed E-state index contributed by atoms with van der Waals surface area (Å²) in [5.74, 6) is 0.173. The summed E-state index contributed by atoms with van der Waals surface area (Å²) in [5, 5.41) is 2.66. The van der Waals surface area contributed by atoms with Crippen molar-refractivity contribution in [2.45, 2.75) is 68.6 Å². The Hall–Kier alpha value is -2.94. The molecule has 0 bridgehead atoms. The number of anilines is 2. The molecule has 3 heterocycles. The molecule has 2 aromatic heterocycles. The van der Waals surface area contributed by atoms with E-state index in [2.05, 4.69) is 27.1 Å². The molecule has 0 atom stereocenters. The SMILES string of the molecule is CCCn1cnc2ccc(NC(=O)c3ccc(S(=O)(=O)C4CC4)cc3N3CCC4(CC3)CC4)nc21. The van der Waals surface area contributed by atoms with Crippen molar-refractivity contribution in [1.82, 2.24) is 14.5 Å². The second-order valence-corrected chi connectivity index (χ2v) is 12.6. The lowest BCUT2D eigenvalue weighted by Crippen LogP contribution is -2.36. The summed E-state index contributed by atoms with van der Waals surface area (Å²) in [6.07, 6.45) is 8.91. The molecule has 2 saturated carbocycles. The molecule has 6 rings (SSSR count). The van der Waals surface area contributed by atoms with Crippen LogP contribution >= 0.6 is 0 Å². The van der Waals surface area contributed by atoms with Crippen LogP contribution in [-0.2, 0) is 16.4 Å². The average molecular weight is 494 g/mol. The first kappa shape index (κ1) is 22.5. The van der Waals surface area contributed by atoms with Gasteiger partial charge < -0.3 is 14.8 Å². The maximum Gasteiger partial charge on any atom is 0.258 e. The Labute approximate surface area is 205 Å². The van der Waals surface area contributed by atoms with E-state index in [1.807, 2.05) is 10.6 Å². The topological polar surface area (TPSA) is 97.2 Å². The van der Waals surface area contributed by atoms with Gasteiger partial charge in [-0.3, -0.25) is 4.79 Å². The van der Waals surface area contributed by atoms with Gasteiger partial charge in [0.2, 0.25) is 0 Å². The first-order chi connectivity index (χ1) is 16.9. The minimum absolute atomic E-state index is 0.282. The molecule has 9 heteroatoms. The molecule has 1 amide bonds. The van der Waals surface area contributed by atoms with Crippen molar-refractivity contribution in [2.24, 2.45) is 5.41 Å². The molecule has 35 heavy (non-hydrogen) atoms. The van der Waals surface area contributed by atoms with E-state index >= 15 is 0 Å². The highest BCUT2D eigenvalue weighted by molar-refractivity contribution is 7.92. The Balaban J connectivity index is 1.32. The summed E-state index contributed by atoms with van der Waals surface area (Å²) < 4.78 is 27.9. The molecule has 184 valence electrons. The predicted octanol–water partition coefficient (Wildman–Crippen LogP) is 4.41. The lowest BCUT2D eigenvalue weighted by atomic mass is 9.93. The number of imidazole rings is 1. The second-order valence-electron chi connectivity index (χ2n) is 10.3. The average Bonchev–Trinajstić information content (AvgIpc) is 3.79. The number of sulfone groups is 1. The first-order valence-corrected chi connectivity index (χ1v) is 14.2. The molecule has 8 nitrogen and oxygen atoms in total. The van der Waals surface area contributed by atoms with Crippen LogP contribution in [0.2, 0.25) is 0 Å². The minimum atomic E-state index is -3.35. The van der Waals surface area contributed by atoms with Gasteiger partial charge in [0, 0.05) is 19.6 Å². The molecule has 2 aliphatic carbocycles. The van der Waals surface area contributed by atoms with Crippen molar-refractivity contribution in [3.63, 3.8) is 0 Å². The fourth-order valence-electron chi connectivity index (χ4n) is 5.21. The molecule has 1 saturated heterocycles. The van der Waals surface area contributed by atoms with Crippen LogP contribution in [-0.4, -0.2) is 47.2 Å². The van der Waals surface area contributed by atoms with E-state index in [1.54, 1.807) is 30.6 Å². The lowest BCUT2D eigenvalue weighted by Gasteiger charge is -2.35. The van der Waals surface area contributed by atoms with Crippen LogP contribution in [0.1, 0.15) is 62.2 Å². The highest BCUT2D eigenvalue weighted by Gasteiger charge is 2.45. The van der Waals surface area contributed by atoms with Crippen LogP contribution in [0.4, 0.5) is 11.5 Å². The summed E-state index contributed by atoms with van der Waals surface area (Å²) in [7, 11) is -3.35. The van der Waals surface area contributed by atoms with E-state index in [9.17, 15) is 13.2 Å². The number of hydrogen-bond donors (Lipinski definition) is 1. The van der Waals surface area contributed by atoms with Crippen molar-refractivity contribution in [3.8, 4) is 0 Å². The molecule has 1 spiro atoms. The number of piperidine rings is 1.